The number of hydrogen-bond acceptors (Lipinski definition) is 5. The molecule has 0 bridgehead atoms. The number of amides is 1. The zero-order valence-corrected chi connectivity index (χ0v) is 12.2. The van der Waals surface area contributed by atoms with Gasteiger partial charge in [0.15, 0.2) is 0 Å². The summed E-state index contributed by atoms with van der Waals surface area (Å²) in [5.74, 6) is 5.55. The van der Waals surface area contributed by atoms with Crippen molar-refractivity contribution >= 4 is 17.7 Å². The Bertz CT molecular complexity index is 581. The van der Waals surface area contributed by atoms with Crippen molar-refractivity contribution in [3.63, 3.8) is 0 Å². The number of carbonyl (C=O) groups excluding carboxylic acids is 1. The molecule has 0 fully saturated rings. The highest BCUT2D eigenvalue weighted by molar-refractivity contribution is 8.00. The predicted molar refractivity (Wildman–Crippen MR) is 78.5 cm³/mol. The highest BCUT2D eigenvalue weighted by Gasteiger charge is 2.16. The van der Waals surface area contributed by atoms with Crippen LogP contribution in [0.3, 0.4) is 0 Å². The maximum atomic E-state index is 12.0. The summed E-state index contributed by atoms with van der Waals surface area (Å²) in [7, 11) is 0. The van der Waals surface area contributed by atoms with Crippen molar-refractivity contribution in [2.45, 2.75) is 30.8 Å². The first-order valence-electron chi connectivity index (χ1n) is 6.21. The topological polar surface area (TPSA) is 85.8 Å². The molecular formula is C13H17N5OS. The van der Waals surface area contributed by atoms with Crippen LogP contribution < -0.4 is 11.2 Å². The Hall–Kier alpha value is -2.02. The smallest absolute Gasteiger partial charge is 0.233 e. The highest BCUT2D eigenvalue weighted by Crippen LogP contribution is 2.19. The zero-order valence-electron chi connectivity index (χ0n) is 11.4. The van der Waals surface area contributed by atoms with Crippen molar-refractivity contribution in [3.8, 4) is 0 Å². The predicted octanol–water partition coefficient (Wildman–Crippen LogP) is 1.10. The molecule has 1 heterocycles. The van der Waals surface area contributed by atoms with E-state index in [9.17, 15) is 4.79 Å². The largest absolute Gasteiger partial charge is 0.351 e. The number of hydrogen-bond donors (Lipinski definition) is 2. The summed E-state index contributed by atoms with van der Waals surface area (Å²) in [6, 6.07) is 8.06. The second kappa shape index (κ2) is 6.42. The van der Waals surface area contributed by atoms with E-state index < -0.39 is 0 Å². The number of carbonyl (C=O) groups is 1. The molecule has 0 saturated carbocycles. The van der Waals surface area contributed by atoms with E-state index in [1.54, 1.807) is 0 Å². The summed E-state index contributed by atoms with van der Waals surface area (Å²) in [6.07, 6.45) is 1.40. The molecule has 0 spiro atoms. The van der Waals surface area contributed by atoms with Gasteiger partial charge in [-0.15, -0.1) is 10.2 Å². The summed E-state index contributed by atoms with van der Waals surface area (Å²) < 4.78 is 1.30. The molecule has 7 heteroatoms. The Morgan fingerprint density at radius 2 is 2.15 bits per heavy atom. The molecule has 0 radical (unpaired) electrons. The number of nitrogens with two attached hydrogens (primary N) is 1. The molecule has 1 atom stereocenters. The van der Waals surface area contributed by atoms with Crippen molar-refractivity contribution in [3.05, 3.63) is 41.7 Å². The van der Waals surface area contributed by atoms with Gasteiger partial charge in [-0.25, -0.2) is 4.68 Å². The number of nitrogens with one attached hydrogen (secondary N) is 1. The Morgan fingerprint density at radius 1 is 1.45 bits per heavy atom. The second-order valence-electron chi connectivity index (χ2n) is 4.48. The van der Waals surface area contributed by atoms with Crippen LogP contribution in [0.5, 0.6) is 0 Å². The van der Waals surface area contributed by atoms with Gasteiger partial charge in [0.2, 0.25) is 11.1 Å². The number of benzene rings is 1. The van der Waals surface area contributed by atoms with Crippen LogP contribution in [0.1, 0.15) is 18.1 Å². The van der Waals surface area contributed by atoms with E-state index in [1.165, 1.54) is 28.3 Å². The summed E-state index contributed by atoms with van der Waals surface area (Å²) in [4.78, 5) is 12.0. The maximum Gasteiger partial charge on any atom is 0.233 e. The minimum absolute atomic E-state index is 0.0569. The normalized spacial score (nSPS) is 12.1. The molecule has 106 valence electrons. The van der Waals surface area contributed by atoms with Crippen molar-refractivity contribution in [2.75, 3.05) is 5.84 Å². The van der Waals surface area contributed by atoms with E-state index in [0.717, 1.165) is 5.56 Å². The third-order valence-electron chi connectivity index (χ3n) is 2.78. The summed E-state index contributed by atoms with van der Waals surface area (Å²) in [5, 5.41) is 10.6. The molecule has 0 aliphatic heterocycles. The fourth-order valence-electron chi connectivity index (χ4n) is 1.57. The van der Waals surface area contributed by atoms with E-state index in [0.29, 0.717) is 11.7 Å². The van der Waals surface area contributed by atoms with Gasteiger partial charge in [-0.05, 0) is 19.4 Å². The molecule has 2 aromatic rings. The molecule has 0 aliphatic rings. The van der Waals surface area contributed by atoms with E-state index in [4.69, 9.17) is 5.84 Å². The van der Waals surface area contributed by atoms with Crippen molar-refractivity contribution < 1.29 is 4.79 Å². The maximum absolute atomic E-state index is 12.0. The van der Waals surface area contributed by atoms with Crippen LogP contribution in [0.15, 0.2) is 35.7 Å². The first kappa shape index (κ1) is 14.4. The van der Waals surface area contributed by atoms with Crippen LogP contribution in [-0.2, 0) is 11.3 Å². The lowest BCUT2D eigenvalue weighted by molar-refractivity contribution is -0.120. The first-order chi connectivity index (χ1) is 9.56. The van der Waals surface area contributed by atoms with Gasteiger partial charge in [-0.1, -0.05) is 41.6 Å². The van der Waals surface area contributed by atoms with E-state index >= 15 is 0 Å². The van der Waals surface area contributed by atoms with E-state index in [1.807, 2.05) is 38.1 Å². The molecule has 20 heavy (non-hydrogen) atoms. The van der Waals surface area contributed by atoms with Crippen molar-refractivity contribution in [1.29, 1.82) is 0 Å². The van der Waals surface area contributed by atoms with Gasteiger partial charge in [-0.3, -0.25) is 4.79 Å². The molecule has 1 aromatic heterocycles. The Morgan fingerprint density at radius 3 is 2.75 bits per heavy atom. The summed E-state index contributed by atoms with van der Waals surface area (Å²) in [6.45, 7) is 4.35. The van der Waals surface area contributed by atoms with Crippen LogP contribution in [-0.4, -0.2) is 26.0 Å². The highest BCUT2D eigenvalue weighted by atomic mass is 32.2. The molecule has 0 saturated heterocycles. The Kier molecular flexibility index (Phi) is 4.62. The van der Waals surface area contributed by atoms with Gasteiger partial charge in [-0.2, -0.15) is 0 Å². The van der Waals surface area contributed by atoms with Gasteiger partial charge in [0, 0.05) is 6.54 Å². The van der Waals surface area contributed by atoms with Gasteiger partial charge in [0.05, 0.1) is 5.25 Å². The molecular weight excluding hydrogens is 274 g/mol. The molecule has 3 N–H and O–H groups in total. The van der Waals surface area contributed by atoms with Gasteiger partial charge >= 0.3 is 0 Å². The second-order valence-corrected chi connectivity index (χ2v) is 5.79. The van der Waals surface area contributed by atoms with Crippen LogP contribution in [0, 0.1) is 6.92 Å². The number of aryl methyl sites for hydroxylation is 1. The Balaban J connectivity index is 1.85. The Labute approximate surface area is 121 Å². The van der Waals surface area contributed by atoms with Crippen LogP contribution >= 0.6 is 11.8 Å². The average molecular weight is 291 g/mol. The monoisotopic (exact) mass is 291 g/mol. The minimum atomic E-state index is -0.285. The number of aromatic nitrogens is 3. The number of rotatable bonds is 5. The molecule has 0 unspecified atom stereocenters. The number of nitrogens with zero attached hydrogens (tertiary/aromatic N) is 3. The van der Waals surface area contributed by atoms with Crippen LogP contribution in [0.2, 0.25) is 0 Å². The number of nitrogen functional groups attached to an aromatic ring is 1. The molecule has 6 nitrogen and oxygen atoms in total. The summed E-state index contributed by atoms with van der Waals surface area (Å²) in [5.41, 5.74) is 2.27. The molecule has 1 amide bonds. The van der Waals surface area contributed by atoms with E-state index in [-0.39, 0.29) is 11.2 Å². The van der Waals surface area contributed by atoms with Gasteiger partial charge in [0.25, 0.3) is 0 Å². The molecule has 2 rings (SSSR count). The third-order valence-corrected chi connectivity index (χ3v) is 3.85. The lowest BCUT2D eigenvalue weighted by atomic mass is 10.1. The molecule has 0 aliphatic carbocycles. The fourth-order valence-corrected chi connectivity index (χ4v) is 2.34. The van der Waals surface area contributed by atoms with Gasteiger partial charge < -0.3 is 11.2 Å². The SMILES string of the molecule is Cc1ccc(CNC(=O)[C@H](C)Sc2nncn2N)cc1. The average Bonchev–Trinajstić information content (AvgIpc) is 2.83. The molecule has 1 aromatic carbocycles. The fraction of sp³-hybridized carbons (Fsp3) is 0.308. The third kappa shape index (κ3) is 3.74. The van der Waals surface area contributed by atoms with Crippen LogP contribution in [0.25, 0.3) is 0 Å². The van der Waals surface area contributed by atoms with Crippen molar-refractivity contribution in [1.82, 2.24) is 20.2 Å². The minimum Gasteiger partial charge on any atom is -0.351 e. The van der Waals surface area contributed by atoms with Crippen molar-refractivity contribution in [2.24, 2.45) is 0 Å². The standard InChI is InChI=1S/C13H17N5OS/c1-9-3-5-11(6-4-9)7-15-12(19)10(2)20-13-17-16-8-18(13)14/h3-6,8,10H,7,14H2,1-2H3,(H,15,19)/t10-/m0/s1. The lowest BCUT2D eigenvalue weighted by Gasteiger charge is -2.11. The van der Waals surface area contributed by atoms with Crippen LogP contribution in [0.4, 0.5) is 0 Å². The quantitative estimate of drug-likeness (QED) is 0.636. The van der Waals surface area contributed by atoms with Gasteiger partial charge in [0.1, 0.15) is 6.33 Å². The number of thioether (sulfide) groups is 1. The lowest BCUT2D eigenvalue weighted by Crippen LogP contribution is -2.30. The zero-order chi connectivity index (χ0) is 14.5. The first-order valence-corrected chi connectivity index (χ1v) is 7.09. The summed E-state index contributed by atoms with van der Waals surface area (Å²) >= 11 is 1.27. The van der Waals surface area contributed by atoms with E-state index in [2.05, 4.69) is 15.5 Å².